The minimum atomic E-state index is -0.299. The van der Waals surface area contributed by atoms with Crippen LogP contribution in [0, 0.1) is 12.3 Å². The molecule has 1 aliphatic heterocycles. The molecule has 0 spiro atoms. The Morgan fingerprint density at radius 3 is 2.55 bits per heavy atom. The fourth-order valence-corrected chi connectivity index (χ4v) is 5.22. The molecule has 0 radical (unpaired) electrons. The predicted octanol–water partition coefficient (Wildman–Crippen LogP) is 6.27. The SMILES string of the molecule is Cc1cc(OCC2(CC(=O)N(C)Cc3ccccc3)CCCN(Cc3cnc(C(C)C)nc3)C2)ccc1Cl. The zero-order valence-electron chi connectivity index (χ0n) is 23.0. The Bertz CT molecular complexity index is 1200. The van der Waals surface area contributed by atoms with Crippen LogP contribution in [0.15, 0.2) is 60.9 Å². The van der Waals surface area contributed by atoms with E-state index in [0.717, 1.165) is 65.8 Å². The molecule has 1 atom stereocenters. The van der Waals surface area contributed by atoms with Crippen LogP contribution in [-0.4, -0.2) is 52.4 Å². The van der Waals surface area contributed by atoms with Crippen molar-refractivity contribution in [2.75, 3.05) is 26.7 Å². The number of amides is 1. The summed E-state index contributed by atoms with van der Waals surface area (Å²) in [6, 6.07) is 15.9. The molecule has 0 N–H and O–H groups in total. The van der Waals surface area contributed by atoms with Gasteiger partial charge in [0.1, 0.15) is 11.6 Å². The highest BCUT2D eigenvalue weighted by Gasteiger charge is 2.39. The molecule has 0 bridgehead atoms. The number of likely N-dealkylation sites (tertiary alicyclic amines) is 1. The Labute approximate surface area is 232 Å². The second kappa shape index (κ2) is 12.7. The van der Waals surface area contributed by atoms with Gasteiger partial charge in [-0.2, -0.15) is 0 Å². The number of halogens is 1. The molecule has 1 unspecified atom stereocenters. The summed E-state index contributed by atoms with van der Waals surface area (Å²) in [6.07, 6.45) is 6.24. The number of carbonyl (C=O) groups excluding carboxylic acids is 1. The fraction of sp³-hybridized carbons (Fsp3) is 0.452. The Kier molecular flexibility index (Phi) is 9.40. The van der Waals surface area contributed by atoms with Gasteiger partial charge in [0.15, 0.2) is 0 Å². The highest BCUT2D eigenvalue weighted by Crippen LogP contribution is 2.36. The van der Waals surface area contributed by atoms with E-state index in [9.17, 15) is 4.79 Å². The Morgan fingerprint density at radius 1 is 1.13 bits per heavy atom. The molecule has 3 aromatic rings. The number of aromatic nitrogens is 2. The van der Waals surface area contributed by atoms with E-state index in [0.29, 0.717) is 25.5 Å². The Morgan fingerprint density at radius 2 is 1.87 bits per heavy atom. The molecular formula is C31H39ClN4O2. The molecule has 0 aliphatic carbocycles. The van der Waals surface area contributed by atoms with Crippen LogP contribution in [-0.2, 0) is 17.9 Å². The lowest BCUT2D eigenvalue weighted by molar-refractivity contribution is -0.135. The van der Waals surface area contributed by atoms with Gasteiger partial charge in [0.05, 0.1) is 6.61 Å². The van der Waals surface area contributed by atoms with E-state index >= 15 is 0 Å². The second-order valence-corrected chi connectivity index (χ2v) is 11.4. The van der Waals surface area contributed by atoms with E-state index < -0.39 is 0 Å². The molecule has 38 heavy (non-hydrogen) atoms. The number of carbonyl (C=O) groups is 1. The van der Waals surface area contributed by atoms with E-state index in [1.54, 1.807) is 0 Å². The second-order valence-electron chi connectivity index (χ2n) is 11.0. The first-order valence-corrected chi connectivity index (χ1v) is 13.8. The van der Waals surface area contributed by atoms with E-state index in [1.807, 2.05) is 67.7 Å². The first kappa shape index (κ1) is 28.1. The number of piperidine rings is 1. The van der Waals surface area contributed by atoms with Crippen LogP contribution >= 0.6 is 11.6 Å². The van der Waals surface area contributed by atoms with Crippen molar-refractivity contribution < 1.29 is 9.53 Å². The van der Waals surface area contributed by atoms with E-state index in [2.05, 4.69) is 40.8 Å². The third-order valence-corrected chi connectivity index (χ3v) is 7.70. The maximum atomic E-state index is 13.5. The predicted molar refractivity (Wildman–Crippen MR) is 152 cm³/mol. The topological polar surface area (TPSA) is 58.6 Å². The number of hydrogen-bond acceptors (Lipinski definition) is 5. The van der Waals surface area contributed by atoms with Crippen molar-refractivity contribution in [3.63, 3.8) is 0 Å². The van der Waals surface area contributed by atoms with Gasteiger partial charge in [-0.1, -0.05) is 55.8 Å². The van der Waals surface area contributed by atoms with Gasteiger partial charge in [-0.25, -0.2) is 9.97 Å². The van der Waals surface area contributed by atoms with Gasteiger partial charge in [0.25, 0.3) is 0 Å². The summed E-state index contributed by atoms with van der Waals surface area (Å²) < 4.78 is 6.34. The van der Waals surface area contributed by atoms with Crippen LogP contribution in [0.2, 0.25) is 5.02 Å². The highest BCUT2D eigenvalue weighted by molar-refractivity contribution is 6.31. The van der Waals surface area contributed by atoms with Crippen LogP contribution in [0.4, 0.5) is 0 Å². The molecule has 0 saturated carbocycles. The van der Waals surface area contributed by atoms with Gasteiger partial charge in [0, 0.05) is 67.4 Å². The van der Waals surface area contributed by atoms with Crippen LogP contribution in [0.3, 0.4) is 0 Å². The molecule has 1 amide bonds. The third-order valence-electron chi connectivity index (χ3n) is 7.28. The zero-order valence-corrected chi connectivity index (χ0v) is 23.7. The molecular weight excluding hydrogens is 496 g/mol. The summed E-state index contributed by atoms with van der Waals surface area (Å²) in [7, 11) is 1.89. The van der Waals surface area contributed by atoms with Gasteiger partial charge < -0.3 is 9.64 Å². The van der Waals surface area contributed by atoms with Gasteiger partial charge >= 0.3 is 0 Å². The van der Waals surface area contributed by atoms with Gasteiger partial charge in [-0.05, 0) is 55.6 Å². The first-order chi connectivity index (χ1) is 18.2. The summed E-state index contributed by atoms with van der Waals surface area (Å²) >= 11 is 6.23. The minimum Gasteiger partial charge on any atom is -0.493 e. The number of aryl methyl sites for hydroxylation is 1. The quantitative estimate of drug-likeness (QED) is 0.307. The minimum absolute atomic E-state index is 0.135. The Balaban J connectivity index is 1.49. The van der Waals surface area contributed by atoms with Crippen molar-refractivity contribution in [1.82, 2.24) is 19.8 Å². The summed E-state index contributed by atoms with van der Waals surface area (Å²) in [5.41, 5.74) is 2.89. The highest BCUT2D eigenvalue weighted by atomic mass is 35.5. The van der Waals surface area contributed by atoms with Gasteiger partial charge in [-0.3, -0.25) is 9.69 Å². The monoisotopic (exact) mass is 534 g/mol. The summed E-state index contributed by atoms with van der Waals surface area (Å²) in [4.78, 5) is 26.9. The van der Waals surface area contributed by atoms with Gasteiger partial charge in [-0.15, -0.1) is 0 Å². The maximum absolute atomic E-state index is 13.5. The standard InChI is InChI=1S/C31H39ClN4O2/c1-23(2)30-33-17-26(18-34-30)20-36-14-8-13-31(21-36,22-38-27-11-12-28(32)24(3)15-27)16-29(37)35(4)19-25-9-6-5-7-10-25/h5-7,9-12,15,17-18,23H,8,13-14,16,19-22H2,1-4H3. The molecule has 2 heterocycles. The molecule has 1 aromatic heterocycles. The number of hydrogen-bond donors (Lipinski definition) is 0. The summed E-state index contributed by atoms with van der Waals surface area (Å²) in [6.45, 7) is 9.74. The van der Waals surface area contributed by atoms with Crippen LogP contribution < -0.4 is 4.74 Å². The van der Waals surface area contributed by atoms with Crippen molar-refractivity contribution in [3.8, 4) is 5.75 Å². The number of nitrogens with zero attached hydrogens (tertiary/aromatic N) is 4. The third kappa shape index (κ3) is 7.55. The molecule has 202 valence electrons. The number of rotatable bonds is 10. The average Bonchev–Trinajstić information content (AvgIpc) is 2.90. The smallest absolute Gasteiger partial charge is 0.223 e. The van der Waals surface area contributed by atoms with Crippen LogP contribution in [0.25, 0.3) is 0 Å². The number of benzene rings is 2. The van der Waals surface area contributed by atoms with E-state index in [1.165, 1.54) is 0 Å². The van der Waals surface area contributed by atoms with Crippen molar-refractivity contribution in [3.05, 3.63) is 88.5 Å². The van der Waals surface area contributed by atoms with Crippen molar-refractivity contribution in [2.45, 2.75) is 59.0 Å². The fourth-order valence-electron chi connectivity index (χ4n) is 5.11. The summed E-state index contributed by atoms with van der Waals surface area (Å²) in [5.74, 6) is 2.09. The molecule has 1 fully saturated rings. The first-order valence-electron chi connectivity index (χ1n) is 13.4. The largest absolute Gasteiger partial charge is 0.493 e. The lowest BCUT2D eigenvalue weighted by atomic mass is 9.77. The summed E-state index contributed by atoms with van der Waals surface area (Å²) in [5, 5.41) is 0.722. The lowest BCUT2D eigenvalue weighted by Crippen LogP contribution is -2.48. The van der Waals surface area contributed by atoms with Crippen molar-refractivity contribution in [1.29, 1.82) is 0 Å². The van der Waals surface area contributed by atoms with Crippen LogP contribution in [0.1, 0.15) is 61.5 Å². The maximum Gasteiger partial charge on any atom is 0.223 e. The van der Waals surface area contributed by atoms with E-state index in [-0.39, 0.29) is 11.3 Å². The van der Waals surface area contributed by atoms with E-state index in [4.69, 9.17) is 16.3 Å². The van der Waals surface area contributed by atoms with Gasteiger partial charge in [0.2, 0.25) is 5.91 Å². The molecule has 1 aliphatic rings. The number of ether oxygens (including phenoxy) is 1. The van der Waals surface area contributed by atoms with Crippen molar-refractivity contribution in [2.24, 2.45) is 5.41 Å². The molecule has 2 aromatic carbocycles. The Hall–Kier alpha value is -2.96. The van der Waals surface area contributed by atoms with Crippen molar-refractivity contribution >= 4 is 17.5 Å². The zero-order chi connectivity index (χ0) is 27.1. The molecule has 4 rings (SSSR count). The molecule has 6 nitrogen and oxygen atoms in total. The lowest BCUT2D eigenvalue weighted by Gasteiger charge is -2.43. The average molecular weight is 535 g/mol. The van der Waals surface area contributed by atoms with Crippen LogP contribution in [0.5, 0.6) is 5.75 Å². The molecule has 1 saturated heterocycles. The normalized spacial score (nSPS) is 17.9. The molecule has 7 heteroatoms.